The molecule has 27 heavy (non-hydrogen) atoms. The number of ether oxygens (including phenoxy) is 1. The van der Waals surface area contributed by atoms with E-state index in [1.54, 1.807) is 49.8 Å². The summed E-state index contributed by atoms with van der Waals surface area (Å²) < 4.78 is 6.46. The minimum absolute atomic E-state index is 0.0931. The highest BCUT2D eigenvalue weighted by molar-refractivity contribution is 7.98. The number of hydrogen-bond acceptors (Lipinski definition) is 6. The monoisotopic (exact) mass is 381 g/mol. The Hall–Kier alpha value is -3.33. The maximum absolute atomic E-state index is 12.7. The van der Waals surface area contributed by atoms with E-state index in [1.165, 1.54) is 22.5 Å². The maximum Gasteiger partial charge on any atom is 0.284 e. The lowest BCUT2D eigenvalue weighted by atomic mass is 10.3. The average molecular weight is 381 g/mol. The first-order valence-corrected chi connectivity index (χ1v) is 9.05. The number of rotatable bonds is 5. The third kappa shape index (κ3) is 3.36. The smallest absolute Gasteiger partial charge is 0.284 e. The molecule has 0 aliphatic heterocycles. The lowest BCUT2D eigenvalue weighted by Crippen LogP contribution is -2.18. The SMILES string of the molecule is COc1ccc(-n2[nH]c3[nH]c(CSc4ncccn4)cc(=O)c3c2=O)cc1. The van der Waals surface area contributed by atoms with E-state index in [1.807, 2.05) is 0 Å². The van der Waals surface area contributed by atoms with Crippen LogP contribution in [0.2, 0.25) is 0 Å². The van der Waals surface area contributed by atoms with E-state index in [0.29, 0.717) is 33.7 Å². The van der Waals surface area contributed by atoms with Gasteiger partial charge in [-0.25, -0.2) is 14.6 Å². The summed E-state index contributed by atoms with van der Waals surface area (Å²) in [5.74, 6) is 1.16. The summed E-state index contributed by atoms with van der Waals surface area (Å²) in [4.78, 5) is 36.5. The van der Waals surface area contributed by atoms with Gasteiger partial charge >= 0.3 is 0 Å². The van der Waals surface area contributed by atoms with Crippen molar-refractivity contribution < 1.29 is 4.74 Å². The molecule has 0 saturated heterocycles. The number of fused-ring (bicyclic) bond motifs is 1. The summed E-state index contributed by atoms with van der Waals surface area (Å²) >= 11 is 1.40. The number of methoxy groups -OCH3 is 1. The van der Waals surface area contributed by atoms with Gasteiger partial charge in [0.05, 0.1) is 12.8 Å². The highest BCUT2D eigenvalue weighted by Crippen LogP contribution is 2.18. The Morgan fingerprint density at radius 1 is 1.15 bits per heavy atom. The van der Waals surface area contributed by atoms with E-state index in [4.69, 9.17) is 4.74 Å². The number of pyridine rings is 1. The van der Waals surface area contributed by atoms with Crippen molar-refractivity contribution in [1.82, 2.24) is 24.7 Å². The summed E-state index contributed by atoms with van der Waals surface area (Å²) in [6, 6.07) is 10.2. The number of nitrogens with one attached hydrogen (secondary N) is 2. The highest BCUT2D eigenvalue weighted by Gasteiger charge is 2.13. The van der Waals surface area contributed by atoms with Gasteiger partial charge in [-0.1, -0.05) is 11.8 Å². The van der Waals surface area contributed by atoms with Crippen molar-refractivity contribution in [2.75, 3.05) is 7.11 Å². The molecule has 4 aromatic rings. The van der Waals surface area contributed by atoms with Crippen molar-refractivity contribution >= 4 is 22.8 Å². The molecule has 0 aliphatic rings. The lowest BCUT2D eigenvalue weighted by molar-refractivity contribution is 0.414. The van der Waals surface area contributed by atoms with Crippen molar-refractivity contribution in [3.63, 3.8) is 0 Å². The largest absolute Gasteiger partial charge is 0.497 e. The summed E-state index contributed by atoms with van der Waals surface area (Å²) in [5, 5.41) is 3.67. The van der Waals surface area contributed by atoms with Crippen LogP contribution in [-0.4, -0.2) is 31.8 Å². The molecule has 0 saturated carbocycles. The Morgan fingerprint density at radius 3 is 2.59 bits per heavy atom. The first-order chi connectivity index (χ1) is 13.2. The van der Waals surface area contributed by atoms with Crippen LogP contribution < -0.4 is 15.7 Å². The minimum Gasteiger partial charge on any atom is -0.497 e. The Kier molecular flexibility index (Phi) is 4.51. The quantitative estimate of drug-likeness (QED) is 0.405. The molecule has 0 spiro atoms. The fourth-order valence-electron chi connectivity index (χ4n) is 2.68. The number of aromatic nitrogens is 5. The normalized spacial score (nSPS) is 11.0. The molecule has 3 aromatic heterocycles. The molecule has 0 bridgehead atoms. The molecule has 3 heterocycles. The lowest BCUT2D eigenvalue weighted by Gasteiger charge is -2.03. The number of thioether (sulfide) groups is 1. The van der Waals surface area contributed by atoms with Crippen LogP contribution in [0.25, 0.3) is 16.7 Å². The van der Waals surface area contributed by atoms with Crippen LogP contribution in [-0.2, 0) is 5.75 Å². The number of H-pyrrole nitrogens is 2. The van der Waals surface area contributed by atoms with E-state index in [-0.39, 0.29) is 10.8 Å². The van der Waals surface area contributed by atoms with E-state index in [0.717, 1.165) is 0 Å². The number of hydrogen-bond donors (Lipinski definition) is 2. The van der Waals surface area contributed by atoms with Crippen LogP contribution in [0.15, 0.2) is 63.5 Å². The highest BCUT2D eigenvalue weighted by atomic mass is 32.2. The van der Waals surface area contributed by atoms with Gasteiger partial charge in [0.25, 0.3) is 5.56 Å². The van der Waals surface area contributed by atoms with Crippen molar-refractivity contribution in [1.29, 1.82) is 0 Å². The summed E-state index contributed by atoms with van der Waals surface area (Å²) in [6.07, 6.45) is 3.32. The average Bonchev–Trinajstić information content (AvgIpc) is 3.04. The Balaban J connectivity index is 1.70. The molecular formula is C18H15N5O3S. The molecule has 0 unspecified atom stereocenters. The first kappa shape index (κ1) is 17.1. The summed E-state index contributed by atoms with van der Waals surface area (Å²) in [5.41, 5.74) is 0.934. The molecular weight excluding hydrogens is 366 g/mol. The standard InChI is InChI=1S/C18H15N5O3S/c1-26-13-5-3-12(4-6-13)23-17(25)15-14(24)9-11(21-16(15)22-23)10-27-18-19-7-2-8-20-18/h2-9H,10H2,1H3,(H2,21,22,24). The van der Waals surface area contributed by atoms with Crippen LogP contribution in [0.4, 0.5) is 0 Å². The Morgan fingerprint density at radius 2 is 1.89 bits per heavy atom. The van der Waals surface area contributed by atoms with Gasteiger partial charge in [-0.3, -0.25) is 14.7 Å². The second kappa shape index (κ2) is 7.12. The molecule has 0 amide bonds. The predicted octanol–water partition coefficient (Wildman–Crippen LogP) is 2.10. The molecule has 1 aromatic carbocycles. The van der Waals surface area contributed by atoms with Crippen molar-refractivity contribution in [3.05, 3.63) is 75.1 Å². The molecule has 9 heteroatoms. The second-order valence-electron chi connectivity index (χ2n) is 5.68. The van der Waals surface area contributed by atoms with Crippen LogP contribution in [0.3, 0.4) is 0 Å². The van der Waals surface area contributed by atoms with Gasteiger partial charge in [-0.05, 0) is 30.3 Å². The zero-order valence-electron chi connectivity index (χ0n) is 14.3. The minimum atomic E-state index is -0.401. The fourth-order valence-corrected chi connectivity index (χ4v) is 3.39. The molecule has 0 radical (unpaired) electrons. The van der Waals surface area contributed by atoms with E-state index < -0.39 is 5.56 Å². The van der Waals surface area contributed by atoms with Crippen LogP contribution in [0.1, 0.15) is 5.69 Å². The van der Waals surface area contributed by atoms with Gasteiger partial charge in [0.1, 0.15) is 16.8 Å². The predicted molar refractivity (Wildman–Crippen MR) is 103 cm³/mol. The third-order valence-electron chi connectivity index (χ3n) is 3.96. The van der Waals surface area contributed by atoms with Gasteiger partial charge in [0.2, 0.25) is 0 Å². The summed E-state index contributed by atoms with van der Waals surface area (Å²) in [7, 11) is 1.57. The first-order valence-electron chi connectivity index (χ1n) is 8.07. The van der Waals surface area contributed by atoms with E-state index in [9.17, 15) is 9.59 Å². The second-order valence-corrected chi connectivity index (χ2v) is 6.62. The third-order valence-corrected chi connectivity index (χ3v) is 4.88. The van der Waals surface area contributed by atoms with Crippen molar-refractivity contribution in [2.45, 2.75) is 10.9 Å². The topological polar surface area (TPSA) is 106 Å². The molecule has 2 N–H and O–H groups in total. The zero-order chi connectivity index (χ0) is 18.8. The molecule has 0 aliphatic carbocycles. The molecule has 0 fully saturated rings. The fraction of sp³-hybridized carbons (Fsp3) is 0.111. The van der Waals surface area contributed by atoms with E-state index >= 15 is 0 Å². The van der Waals surface area contributed by atoms with Gasteiger partial charge < -0.3 is 9.72 Å². The maximum atomic E-state index is 12.7. The molecule has 8 nitrogen and oxygen atoms in total. The van der Waals surface area contributed by atoms with Crippen molar-refractivity contribution in [3.8, 4) is 11.4 Å². The van der Waals surface area contributed by atoms with Gasteiger partial charge in [-0.2, -0.15) is 0 Å². The molecule has 0 atom stereocenters. The number of benzene rings is 1. The van der Waals surface area contributed by atoms with Crippen LogP contribution in [0.5, 0.6) is 5.75 Å². The van der Waals surface area contributed by atoms with Gasteiger partial charge in [0.15, 0.2) is 10.6 Å². The number of aromatic amines is 2. The van der Waals surface area contributed by atoms with Gasteiger partial charge in [0, 0.05) is 29.9 Å². The van der Waals surface area contributed by atoms with Gasteiger partial charge in [-0.15, -0.1) is 0 Å². The van der Waals surface area contributed by atoms with Crippen molar-refractivity contribution in [2.24, 2.45) is 0 Å². The Bertz CT molecular complexity index is 1200. The Labute approximate surface area is 157 Å². The molecule has 4 rings (SSSR count). The van der Waals surface area contributed by atoms with Crippen LogP contribution >= 0.6 is 11.8 Å². The van der Waals surface area contributed by atoms with Crippen LogP contribution in [0, 0.1) is 0 Å². The van der Waals surface area contributed by atoms with E-state index in [2.05, 4.69) is 20.1 Å². The number of nitrogens with zero attached hydrogens (tertiary/aromatic N) is 3. The molecule has 136 valence electrons. The zero-order valence-corrected chi connectivity index (χ0v) is 15.1. The summed E-state index contributed by atoms with van der Waals surface area (Å²) in [6.45, 7) is 0.